The Morgan fingerprint density at radius 3 is 2.29 bits per heavy atom. The molecule has 0 atom stereocenters. The highest BCUT2D eigenvalue weighted by molar-refractivity contribution is 5.94. The van der Waals surface area contributed by atoms with Gasteiger partial charge in [0.1, 0.15) is 17.4 Å². The predicted octanol–water partition coefficient (Wildman–Crippen LogP) is 2.77. The fraction of sp³-hybridized carbons (Fsp3) is 0.200. The molecule has 0 fully saturated rings. The van der Waals surface area contributed by atoms with E-state index in [1.165, 1.54) is 0 Å². The van der Waals surface area contributed by atoms with Crippen LogP contribution in [0.25, 0.3) is 0 Å². The third-order valence-corrected chi connectivity index (χ3v) is 3.90. The number of carbonyl (C=O) groups excluding carboxylic acids is 1. The fourth-order valence-electron chi connectivity index (χ4n) is 2.38. The van der Waals surface area contributed by atoms with Gasteiger partial charge in [-0.1, -0.05) is 6.07 Å². The van der Waals surface area contributed by atoms with Crippen LogP contribution in [-0.2, 0) is 0 Å². The molecular weight excluding hydrogens is 356 g/mol. The summed E-state index contributed by atoms with van der Waals surface area (Å²) in [5, 5.41) is 17.3. The molecule has 28 heavy (non-hydrogen) atoms. The van der Waals surface area contributed by atoms with Gasteiger partial charge in [0.25, 0.3) is 5.91 Å². The monoisotopic (exact) mass is 378 g/mol. The number of aromatic nitrogens is 3. The van der Waals surface area contributed by atoms with Crippen LogP contribution in [0, 0.1) is 6.92 Å². The second kappa shape index (κ2) is 9.31. The third kappa shape index (κ3) is 5.41. The summed E-state index contributed by atoms with van der Waals surface area (Å²) in [4.78, 5) is 16.3. The molecule has 2 aromatic heterocycles. The highest BCUT2D eigenvalue weighted by Crippen LogP contribution is 2.13. The molecule has 1 aromatic carbocycles. The van der Waals surface area contributed by atoms with Crippen LogP contribution in [0.1, 0.15) is 15.9 Å². The minimum absolute atomic E-state index is 0.138. The Morgan fingerprint density at radius 2 is 1.64 bits per heavy atom. The maximum atomic E-state index is 12.1. The minimum atomic E-state index is -0.138. The Labute approximate surface area is 163 Å². The molecule has 0 radical (unpaired) electrons. The van der Waals surface area contributed by atoms with Crippen molar-refractivity contribution < 1.29 is 9.53 Å². The molecule has 0 aliphatic carbocycles. The zero-order chi connectivity index (χ0) is 19.8. The molecule has 8 heteroatoms. The number of pyridine rings is 1. The van der Waals surface area contributed by atoms with Gasteiger partial charge >= 0.3 is 0 Å². The Kier molecular flexibility index (Phi) is 6.35. The molecule has 0 aliphatic rings. The van der Waals surface area contributed by atoms with E-state index >= 15 is 0 Å². The van der Waals surface area contributed by atoms with Crippen molar-refractivity contribution in [2.24, 2.45) is 0 Å². The zero-order valence-electron chi connectivity index (χ0n) is 15.8. The predicted molar refractivity (Wildman–Crippen MR) is 108 cm³/mol. The lowest BCUT2D eigenvalue weighted by molar-refractivity contribution is 0.0955. The maximum Gasteiger partial charge on any atom is 0.251 e. The average molecular weight is 378 g/mol. The molecule has 3 rings (SSSR count). The Bertz CT molecular complexity index is 895. The molecule has 8 nitrogen and oxygen atoms in total. The van der Waals surface area contributed by atoms with Crippen molar-refractivity contribution in [3.8, 4) is 5.75 Å². The molecule has 3 aromatic rings. The van der Waals surface area contributed by atoms with Crippen LogP contribution in [-0.4, -0.2) is 41.3 Å². The first-order chi connectivity index (χ1) is 13.6. The zero-order valence-corrected chi connectivity index (χ0v) is 15.8. The number of anilines is 3. The van der Waals surface area contributed by atoms with Gasteiger partial charge in [-0.25, -0.2) is 4.98 Å². The topological polar surface area (TPSA) is 101 Å². The lowest BCUT2D eigenvalue weighted by Crippen LogP contribution is -2.28. The Morgan fingerprint density at radius 1 is 0.929 bits per heavy atom. The van der Waals surface area contributed by atoms with Crippen LogP contribution in [0.15, 0.2) is 54.7 Å². The summed E-state index contributed by atoms with van der Waals surface area (Å²) < 4.78 is 5.08. The van der Waals surface area contributed by atoms with E-state index in [-0.39, 0.29) is 5.91 Å². The van der Waals surface area contributed by atoms with Gasteiger partial charge in [0, 0.05) is 24.8 Å². The first kappa shape index (κ1) is 19.1. The van der Waals surface area contributed by atoms with Crippen molar-refractivity contribution in [1.82, 2.24) is 20.5 Å². The van der Waals surface area contributed by atoms with Crippen LogP contribution in [0.5, 0.6) is 5.75 Å². The number of aryl methyl sites for hydroxylation is 1. The lowest BCUT2D eigenvalue weighted by Gasteiger charge is -2.08. The van der Waals surface area contributed by atoms with E-state index in [4.69, 9.17) is 4.74 Å². The highest BCUT2D eigenvalue weighted by atomic mass is 16.5. The summed E-state index contributed by atoms with van der Waals surface area (Å²) in [6, 6.07) is 14.4. The van der Waals surface area contributed by atoms with Crippen LogP contribution >= 0.6 is 0 Å². The SMILES string of the molecule is COc1ccc(C(=O)NCCNc2ccc(Nc3ccc(C)cn3)nn2)cc1. The number of hydrogen-bond acceptors (Lipinski definition) is 7. The van der Waals surface area contributed by atoms with Gasteiger partial charge in [-0.2, -0.15) is 0 Å². The first-order valence-electron chi connectivity index (χ1n) is 8.83. The molecule has 1 amide bonds. The molecule has 144 valence electrons. The van der Waals surface area contributed by atoms with Crippen molar-refractivity contribution >= 4 is 23.4 Å². The van der Waals surface area contributed by atoms with Gasteiger partial charge in [-0.15, -0.1) is 10.2 Å². The second-order valence-corrected chi connectivity index (χ2v) is 6.06. The van der Waals surface area contributed by atoms with Crippen molar-refractivity contribution in [1.29, 1.82) is 0 Å². The van der Waals surface area contributed by atoms with Crippen LogP contribution < -0.4 is 20.7 Å². The summed E-state index contributed by atoms with van der Waals surface area (Å²) in [6.07, 6.45) is 1.78. The molecule has 2 heterocycles. The number of ether oxygens (including phenoxy) is 1. The van der Waals surface area contributed by atoms with E-state index in [1.807, 2.05) is 31.2 Å². The summed E-state index contributed by atoms with van der Waals surface area (Å²) in [5.74, 6) is 2.52. The number of methoxy groups -OCH3 is 1. The highest BCUT2D eigenvalue weighted by Gasteiger charge is 2.05. The van der Waals surface area contributed by atoms with Crippen LogP contribution in [0.4, 0.5) is 17.5 Å². The van der Waals surface area contributed by atoms with E-state index in [1.54, 1.807) is 37.6 Å². The minimum Gasteiger partial charge on any atom is -0.497 e. The van der Waals surface area contributed by atoms with Gasteiger partial charge in [0.2, 0.25) is 0 Å². The first-order valence-corrected chi connectivity index (χ1v) is 8.83. The number of nitrogens with one attached hydrogen (secondary N) is 3. The van der Waals surface area contributed by atoms with Crippen molar-refractivity contribution in [3.05, 3.63) is 65.9 Å². The van der Waals surface area contributed by atoms with E-state index in [9.17, 15) is 4.79 Å². The molecule has 0 saturated carbocycles. The lowest BCUT2D eigenvalue weighted by atomic mass is 10.2. The number of amides is 1. The molecule has 0 saturated heterocycles. The quantitative estimate of drug-likeness (QED) is 0.518. The van der Waals surface area contributed by atoms with Gasteiger partial charge in [0.15, 0.2) is 5.82 Å². The van der Waals surface area contributed by atoms with E-state index < -0.39 is 0 Å². The van der Waals surface area contributed by atoms with Crippen molar-refractivity contribution in [2.45, 2.75) is 6.92 Å². The number of nitrogens with zero attached hydrogens (tertiary/aromatic N) is 3. The molecule has 0 bridgehead atoms. The fourth-order valence-corrected chi connectivity index (χ4v) is 2.38. The number of rotatable bonds is 8. The van der Waals surface area contributed by atoms with Gasteiger partial charge in [0.05, 0.1) is 7.11 Å². The normalized spacial score (nSPS) is 10.2. The van der Waals surface area contributed by atoms with Crippen molar-refractivity contribution in [2.75, 3.05) is 30.8 Å². The molecule has 0 aliphatic heterocycles. The standard InChI is InChI=1S/C20H22N6O2/c1-14-3-8-17(23-13-14)24-19-10-9-18(25-26-19)21-11-12-22-20(27)15-4-6-16(28-2)7-5-15/h3-10,13H,11-12H2,1-2H3,(H,21,25)(H,22,27)(H,23,24,26). The maximum absolute atomic E-state index is 12.1. The Hall–Kier alpha value is -3.68. The van der Waals surface area contributed by atoms with E-state index in [0.717, 1.165) is 5.56 Å². The molecule has 3 N–H and O–H groups in total. The van der Waals surface area contributed by atoms with Crippen LogP contribution in [0.3, 0.4) is 0 Å². The van der Waals surface area contributed by atoms with Crippen molar-refractivity contribution in [3.63, 3.8) is 0 Å². The van der Waals surface area contributed by atoms with E-state index in [0.29, 0.717) is 41.9 Å². The number of carbonyl (C=O) groups is 1. The molecule has 0 spiro atoms. The smallest absolute Gasteiger partial charge is 0.251 e. The van der Waals surface area contributed by atoms with Gasteiger partial charge in [-0.05, 0) is 55.0 Å². The molecule has 0 unspecified atom stereocenters. The largest absolute Gasteiger partial charge is 0.497 e. The summed E-state index contributed by atoms with van der Waals surface area (Å²) in [6.45, 7) is 2.97. The average Bonchev–Trinajstić information content (AvgIpc) is 2.74. The number of hydrogen-bond donors (Lipinski definition) is 3. The molecular formula is C20H22N6O2. The summed E-state index contributed by atoms with van der Waals surface area (Å²) in [5.41, 5.74) is 1.68. The number of benzene rings is 1. The van der Waals surface area contributed by atoms with Gasteiger partial charge < -0.3 is 20.7 Å². The third-order valence-electron chi connectivity index (χ3n) is 3.90. The Balaban J connectivity index is 1.42. The van der Waals surface area contributed by atoms with Crippen LogP contribution in [0.2, 0.25) is 0 Å². The van der Waals surface area contributed by atoms with Gasteiger partial charge in [-0.3, -0.25) is 4.79 Å². The summed E-state index contributed by atoms with van der Waals surface area (Å²) in [7, 11) is 1.59. The van der Waals surface area contributed by atoms with E-state index in [2.05, 4.69) is 31.1 Å². The summed E-state index contributed by atoms with van der Waals surface area (Å²) >= 11 is 0. The second-order valence-electron chi connectivity index (χ2n) is 6.06.